The van der Waals surface area contributed by atoms with Crippen molar-refractivity contribution in [2.75, 3.05) is 13.1 Å². The molecule has 1 saturated heterocycles. The summed E-state index contributed by atoms with van der Waals surface area (Å²) in [6.07, 6.45) is 5.48. The zero-order chi connectivity index (χ0) is 14.8. The minimum absolute atomic E-state index is 0.0204. The Morgan fingerprint density at radius 1 is 1.40 bits per heavy atom. The Morgan fingerprint density at radius 3 is 2.60 bits per heavy atom. The van der Waals surface area contributed by atoms with E-state index < -0.39 is 0 Å². The normalized spacial score (nSPS) is 23.9. The van der Waals surface area contributed by atoms with Crippen molar-refractivity contribution in [3.63, 3.8) is 0 Å². The minimum Gasteiger partial charge on any atom is -0.308 e. The number of thiazole rings is 1. The highest BCUT2D eigenvalue weighted by Crippen LogP contribution is 2.36. The Kier molecular flexibility index (Phi) is 4.88. The summed E-state index contributed by atoms with van der Waals surface area (Å²) in [6.45, 7) is 13.8. The van der Waals surface area contributed by atoms with Crippen molar-refractivity contribution in [2.45, 2.75) is 71.0 Å². The van der Waals surface area contributed by atoms with Gasteiger partial charge in [-0.25, -0.2) is 4.98 Å². The maximum absolute atomic E-state index is 4.59. The van der Waals surface area contributed by atoms with Crippen LogP contribution in [0.1, 0.15) is 58.9 Å². The van der Waals surface area contributed by atoms with Crippen molar-refractivity contribution in [1.29, 1.82) is 0 Å². The second-order valence-electron chi connectivity index (χ2n) is 6.45. The quantitative estimate of drug-likeness (QED) is 0.899. The van der Waals surface area contributed by atoms with E-state index in [4.69, 9.17) is 0 Å². The van der Waals surface area contributed by atoms with E-state index in [1.54, 1.807) is 11.3 Å². The monoisotopic (exact) mass is 295 g/mol. The van der Waals surface area contributed by atoms with Gasteiger partial charge in [-0.15, -0.1) is 11.3 Å². The summed E-state index contributed by atoms with van der Waals surface area (Å²) < 4.78 is 0. The minimum atomic E-state index is 0.0204. The molecule has 0 aromatic carbocycles. The highest BCUT2D eigenvalue weighted by molar-refractivity contribution is 7.09. The van der Waals surface area contributed by atoms with Crippen LogP contribution in [0.3, 0.4) is 0 Å². The van der Waals surface area contributed by atoms with Crippen molar-refractivity contribution >= 4 is 11.3 Å². The Labute approximate surface area is 127 Å². The Balaban J connectivity index is 2.29. The largest absolute Gasteiger partial charge is 0.308 e. The lowest BCUT2D eigenvalue weighted by molar-refractivity contribution is -0.00746. The van der Waals surface area contributed by atoms with E-state index in [9.17, 15) is 0 Å². The molecule has 1 atom stereocenters. The lowest BCUT2D eigenvalue weighted by atomic mass is 9.85. The molecule has 4 heteroatoms. The molecule has 2 heterocycles. The van der Waals surface area contributed by atoms with E-state index in [2.05, 4.69) is 55.2 Å². The number of aromatic nitrogens is 1. The summed E-state index contributed by atoms with van der Waals surface area (Å²) >= 11 is 1.78. The SMILES string of the molecule is CCC1CNC(CC)(CC)CN1C(C)(C)c1nccs1. The van der Waals surface area contributed by atoms with Gasteiger partial charge in [0.05, 0.1) is 5.54 Å². The van der Waals surface area contributed by atoms with E-state index in [1.165, 1.54) is 24.3 Å². The van der Waals surface area contributed by atoms with Crippen molar-refractivity contribution in [2.24, 2.45) is 0 Å². The zero-order valence-corrected chi connectivity index (χ0v) is 14.4. The van der Waals surface area contributed by atoms with Crippen LogP contribution in [0.5, 0.6) is 0 Å². The van der Waals surface area contributed by atoms with Crippen LogP contribution < -0.4 is 5.32 Å². The third kappa shape index (κ3) is 2.78. The van der Waals surface area contributed by atoms with Gasteiger partial charge in [-0.1, -0.05) is 20.8 Å². The fourth-order valence-corrected chi connectivity index (χ4v) is 4.12. The van der Waals surface area contributed by atoms with Crippen LogP contribution in [-0.4, -0.2) is 34.6 Å². The zero-order valence-electron chi connectivity index (χ0n) is 13.6. The third-order valence-corrected chi connectivity index (χ3v) is 6.21. The molecule has 0 radical (unpaired) electrons. The molecule has 114 valence electrons. The fourth-order valence-electron chi connectivity index (χ4n) is 3.35. The second kappa shape index (κ2) is 6.12. The first-order chi connectivity index (χ1) is 9.49. The van der Waals surface area contributed by atoms with Gasteiger partial charge in [0, 0.05) is 36.2 Å². The van der Waals surface area contributed by atoms with E-state index in [0.717, 1.165) is 13.1 Å². The highest BCUT2D eigenvalue weighted by atomic mass is 32.1. The molecule has 1 N–H and O–H groups in total. The number of piperazine rings is 1. The van der Waals surface area contributed by atoms with E-state index in [1.807, 2.05) is 6.20 Å². The predicted octanol–water partition coefficient (Wildman–Crippen LogP) is 3.62. The number of nitrogens with zero attached hydrogens (tertiary/aromatic N) is 2. The summed E-state index contributed by atoms with van der Waals surface area (Å²) in [7, 11) is 0. The van der Waals surface area contributed by atoms with Crippen LogP contribution in [0.15, 0.2) is 11.6 Å². The summed E-state index contributed by atoms with van der Waals surface area (Å²) in [6, 6.07) is 0.597. The molecule has 1 aromatic rings. The first-order valence-corrected chi connectivity index (χ1v) is 8.78. The molecule has 1 aliphatic heterocycles. The second-order valence-corrected chi connectivity index (χ2v) is 7.35. The van der Waals surface area contributed by atoms with Gasteiger partial charge in [-0.2, -0.15) is 0 Å². The molecule has 20 heavy (non-hydrogen) atoms. The van der Waals surface area contributed by atoms with Gasteiger partial charge in [0.15, 0.2) is 0 Å². The van der Waals surface area contributed by atoms with Crippen molar-refractivity contribution in [3.05, 3.63) is 16.6 Å². The van der Waals surface area contributed by atoms with E-state index >= 15 is 0 Å². The van der Waals surface area contributed by atoms with Crippen molar-refractivity contribution in [1.82, 2.24) is 15.2 Å². The Hall–Kier alpha value is -0.450. The molecule has 0 amide bonds. The van der Waals surface area contributed by atoms with Crippen LogP contribution in [0.2, 0.25) is 0 Å². The Bertz CT molecular complexity index is 409. The molecule has 0 saturated carbocycles. The molecular formula is C16H29N3S. The fraction of sp³-hybridized carbons (Fsp3) is 0.812. The molecule has 1 unspecified atom stereocenters. The summed E-state index contributed by atoms with van der Waals surface area (Å²) in [4.78, 5) is 7.28. The predicted molar refractivity (Wildman–Crippen MR) is 87.2 cm³/mol. The van der Waals surface area contributed by atoms with E-state index in [-0.39, 0.29) is 11.1 Å². The molecular weight excluding hydrogens is 266 g/mol. The summed E-state index contributed by atoms with van der Waals surface area (Å²) in [5.41, 5.74) is 0.284. The van der Waals surface area contributed by atoms with Crippen LogP contribution in [0.4, 0.5) is 0 Å². The first-order valence-electron chi connectivity index (χ1n) is 7.91. The van der Waals surface area contributed by atoms with E-state index in [0.29, 0.717) is 6.04 Å². The molecule has 0 bridgehead atoms. The maximum atomic E-state index is 4.59. The Morgan fingerprint density at radius 2 is 2.10 bits per heavy atom. The lowest BCUT2D eigenvalue weighted by Gasteiger charge is -2.53. The summed E-state index contributed by atoms with van der Waals surface area (Å²) in [5.74, 6) is 0. The standard InChI is InChI=1S/C16H29N3S/c1-6-13-11-18-16(7-2,8-3)12-19(13)15(4,5)14-17-9-10-20-14/h9-10,13,18H,6-8,11-12H2,1-5H3. The highest BCUT2D eigenvalue weighted by Gasteiger charge is 2.43. The molecule has 0 aliphatic carbocycles. The molecule has 2 rings (SSSR count). The van der Waals surface area contributed by atoms with Gasteiger partial charge in [-0.05, 0) is 33.1 Å². The molecule has 3 nitrogen and oxygen atoms in total. The topological polar surface area (TPSA) is 28.2 Å². The number of nitrogens with one attached hydrogen (secondary N) is 1. The average Bonchev–Trinajstić information content (AvgIpc) is 3.01. The number of hydrogen-bond acceptors (Lipinski definition) is 4. The van der Waals surface area contributed by atoms with Crippen LogP contribution in [0, 0.1) is 0 Å². The third-order valence-electron chi connectivity index (χ3n) is 5.12. The van der Waals surface area contributed by atoms with Gasteiger partial charge in [0.1, 0.15) is 5.01 Å². The van der Waals surface area contributed by atoms with Gasteiger partial charge in [0.25, 0.3) is 0 Å². The number of hydrogen-bond donors (Lipinski definition) is 1. The van der Waals surface area contributed by atoms with Crippen molar-refractivity contribution in [3.8, 4) is 0 Å². The van der Waals surface area contributed by atoms with Gasteiger partial charge >= 0.3 is 0 Å². The van der Waals surface area contributed by atoms with Crippen molar-refractivity contribution < 1.29 is 0 Å². The average molecular weight is 295 g/mol. The van der Waals surface area contributed by atoms with Crippen LogP contribution in [-0.2, 0) is 5.54 Å². The van der Waals surface area contributed by atoms with Gasteiger partial charge in [0.2, 0.25) is 0 Å². The lowest BCUT2D eigenvalue weighted by Crippen LogP contribution is -2.67. The molecule has 0 spiro atoms. The molecule has 1 aromatic heterocycles. The van der Waals surface area contributed by atoms with Crippen LogP contribution >= 0.6 is 11.3 Å². The van der Waals surface area contributed by atoms with Gasteiger partial charge < -0.3 is 5.32 Å². The number of rotatable bonds is 5. The summed E-state index contributed by atoms with van der Waals surface area (Å²) in [5, 5.41) is 7.15. The smallest absolute Gasteiger partial charge is 0.112 e. The first kappa shape index (κ1) is 15.9. The molecule has 1 fully saturated rings. The van der Waals surface area contributed by atoms with Crippen LogP contribution in [0.25, 0.3) is 0 Å². The maximum Gasteiger partial charge on any atom is 0.112 e. The molecule has 1 aliphatic rings. The van der Waals surface area contributed by atoms with Gasteiger partial charge in [-0.3, -0.25) is 4.90 Å².